The van der Waals surface area contributed by atoms with Gasteiger partial charge in [0.1, 0.15) is 0 Å². The third kappa shape index (κ3) is 3.45. The lowest BCUT2D eigenvalue weighted by Gasteiger charge is -2.34. The second-order valence-electron chi connectivity index (χ2n) is 7.40. The van der Waals surface area contributed by atoms with Crippen LogP contribution in [0.3, 0.4) is 0 Å². The van der Waals surface area contributed by atoms with Crippen molar-refractivity contribution in [3.63, 3.8) is 0 Å². The fourth-order valence-corrected chi connectivity index (χ4v) is 3.35. The zero-order chi connectivity index (χ0) is 20.5. The summed E-state index contributed by atoms with van der Waals surface area (Å²) in [5.41, 5.74) is 9.81. The van der Waals surface area contributed by atoms with Crippen LogP contribution in [0.2, 0.25) is 0 Å². The van der Waals surface area contributed by atoms with Crippen molar-refractivity contribution in [3.8, 4) is 11.1 Å². The quantitative estimate of drug-likeness (QED) is 0.695. The third-order valence-electron chi connectivity index (χ3n) is 5.49. The number of aromatic carboxylic acids is 1. The normalized spacial score (nSPS) is 13.3. The van der Waals surface area contributed by atoms with Crippen molar-refractivity contribution in [1.82, 2.24) is 15.0 Å². The van der Waals surface area contributed by atoms with Crippen molar-refractivity contribution in [2.24, 2.45) is 5.92 Å². The molecule has 0 saturated heterocycles. The highest BCUT2D eigenvalue weighted by Crippen LogP contribution is 2.39. The highest BCUT2D eigenvalue weighted by molar-refractivity contribution is 5.88. The van der Waals surface area contributed by atoms with E-state index >= 15 is 0 Å². The number of aryl methyl sites for hydroxylation is 1. The van der Waals surface area contributed by atoms with Gasteiger partial charge in [-0.1, -0.05) is 38.1 Å². The van der Waals surface area contributed by atoms with Crippen LogP contribution in [0.25, 0.3) is 11.1 Å². The van der Waals surface area contributed by atoms with Crippen LogP contribution in [0.5, 0.6) is 0 Å². The minimum Gasteiger partial charge on any atom is -0.478 e. The first-order chi connectivity index (χ1) is 13.2. The zero-order valence-electron chi connectivity index (χ0n) is 16.5. The number of hydrogen-bond donors (Lipinski definition) is 2. The second kappa shape index (κ2) is 7.38. The Morgan fingerprint density at radius 3 is 2.14 bits per heavy atom. The molecule has 6 heteroatoms. The molecule has 3 rings (SSSR count). The van der Waals surface area contributed by atoms with Crippen LogP contribution in [-0.2, 0) is 5.41 Å². The van der Waals surface area contributed by atoms with Crippen LogP contribution >= 0.6 is 0 Å². The van der Waals surface area contributed by atoms with Gasteiger partial charge in [0.2, 0.25) is 5.95 Å². The lowest BCUT2D eigenvalue weighted by Crippen LogP contribution is -2.31. The van der Waals surface area contributed by atoms with E-state index in [1.54, 1.807) is 25.4 Å². The highest BCUT2D eigenvalue weighted by atomic mass is 16.4. The van der Waals surface area contributed by atoms with Gasteiger partial charge in [0.05, 0.1) is 17.0 Å². The van der Waals surface area contributed by atoms with E-state index in [4.69, 9.17) is 5.73 Å². The maximum atomic E-state index is 11.3. The number of rotatable bonds is 5. The highest BCUT2D eigenvalue weighted by Gasteiger charge is 2.34. The number of nitrogen functional groups attached to an aromatic ring is 1. The van der Waals surface area contributed by atoms with Crippen LogP contribution in [0.1, 0.15) is 48.1 Å². The first-order valence-corrected chi connectivity index (χ1v) is 9.13. The Labute approximate surface area is 164 Å². The Hall–Kier alpha value is -3.28. The largest absolute Gasteiger partial charge is 0.478 e. The smallest absolute Gasteiger partial charge is 0.337 e. The average Bonchev–Trinajstić information content (AvgIpc) is 2.67. The summed E-state index contributed by atoms with van der Waals surface area (Å²) < 4.78 is 0. The number of anilines is 1. The fourth-order valence-electron chi connectivity index (χ4n) is 3.35. The molecule has 2 aromatic heterocycles. The molecule has 0 fully saturated rings. The van der Waals surface area contributed by atoms with Crippen molar-refractivity contribution in [2.75, 3.05) is 5.73 Å². The molecule has 1 aromatic carbocycles. The molecule has 1 unspecified atom stereocenters. The van der Waals surface area contributed by atoms with Gasteiger partial charge in [0.25, 0.3) is 0 Å². The van der Waals surface area contributed by atoms with Crippen LogP contribution in [0.4, 0.5) is 5.95 Å². The molecule has 0 aliphatic heterocycles. The number of hydrogen-bond acceptors (Lipinski definition) is 5. The summed E-state index contributed by atoms with van der Waals surface area (Å²) in [5.74, 6) is -0.461. The van der Waals surface area contributed by atoms with Gasteiger partial charge in [-0.3, -0.25) is 4.98 Å². The van der Waals surface area contributed by atoms with Crippen molar-refractivity contribution >= 4 is 11.9 Å². The lowest BCUT2D eigenvalue weighted by molar-refractivity contribution is 0.0695. The predicted octanol–water partition coefficient (Wildman–Crippen LogP) is 4.09. The molecule has 0 amide bonds. The van der Waals surface area contributed by atoms with Crippen molar-refractivity contribution in [1.29, 1.82) is 0 Å². The molecule has 144 valence electrons. The topological polar surface area (TPSA) is 102 Å². The van der Waals surface area contributed by atoms with Gasteiger partial charge in [0.15, 0.2) is 0 Å². The maximum Gasteiger partial charge on any atom is 0.337 e. The number of aromatic nitrogens is 3. The Kier molecular flexibility index (Phi) is 5.14. The molecule has 28 heavy (non-hydrogen) atoms. The number of carboxylic acid groups (broad SMARTS) is 1. The Morgan fingerprint density at radius 2 is 1.64 bits per heavy atom. The van der Waals surface area contributed by atoms with E-state index < -0.39 is 5.97 Å². The Balaban J connectivity index is 2.03. The Morgan fingerprint density at radius 1 is 1.04 bits per heavy atom. The summed E-state index contributed by atoms with van der Waals surface area (Å²) in [5, 5.41) is 9.28. The molecule has 0 saturated carbocycles. The molecule has 0 aliphatic rings. The molecular formula is C22H24N4O2. The fraction of sp³-hybridized carbons (Fsp3) is 0.273. The maximum absolute atomic E-state index is 11.3. The molecular weight excluding hydrogens is 352 g/mol. The summed E-state index contributed by atoms with van der Waals surface area (Å²) in [4.78, 5) is 24.0. The summed E-state index contributed by atoms with van der Waals surface area (Å²) in [6, 6.07) is 11.7. The molecule has 0 radical (unpaired) electrons. The number of pyridine rings is 1. The van der Waals surface area contributed by atoms with E-state index in [1.165, 1.54) is 0 Å². The SMILES string of the molecule is Cc1nc(C(C)(c2ccc(-c3cnc(N)nc3)cc2)C(C)C)ccc1C(=O)O. The van der Waals surface area contributed by atoms with Crippen molar-refractivity contribution in [3.05, 3.63) is 71.3 Å². The number of nitrogens with zero attached hydrogens (tertiary/aromatic N) is 3. The standard InChI is InChI=1S/C22H24N4O2/c1-13(2)22(4,19-10-9-18(20(27)28)14(3)26-19)17-7-5-15(6-8-17)16-11-24-21(23)25-12-16/h5-13H,1-4H3,(H,27,28)(H2,23,24,25). The molecule has 3 aromatic rings. The number of carbonyl (C=O) groups is 1. The van der Waals surface area contributed by atoms with Gasteiger partial charge in [0, 0.05) is 23.4 Å². The van der Waals surface area contributed by atoms with Gasteiger partial charge in [-0.05, 0) is 43.0 Å². The monoisotopic (exact) mass is 376 g/mol. The Bertz CT molecular complexity index is 998. The summed E-state index contributed by atoms with van der Waals surface area (Å²) in [6.45, 7) is 8.16. The predicted molar refractivity (Wildman–Crippen MR) is 109 cm³/mol. The van der Waals surface area contributed by atoms with Gasteiger partial charge < -0.3 is 10.8 Å². The molecule has 0 aliphatic carbocycles. The second-order valence-corrected chi connectivity index (χ2v) is 7.40. The summed E-state index contributed by atoms with van der Waals surface area (Å²) in [7, 11) is 0. The number of carboxylic acids is 1. The van der Waals surface area contributed by atoms with Crippen LogP contribution in [0.15, 0.2) is 48.8 Å². The summed E-state index contributed by atoms with van der Waals surface area (Å²) >= 11 is 0. The lowest BCUT2D eigenvalue weighted by atomic mass is 9.70. The van der Waals surface area contributed by atoms with Gasteiger partial charge in [-0.2, -0.15) is 0 Å². The number of nitrogens with two attached hydrogens (primary N) is 1. The van der Waals surface area contributed by atoms with Gasteiger partial charge in [-0.25, -0.2) is 14.8 Å². The van der Waals surface area contributed by atoms with E-state index in [1.807, 2.05) is 18.2 Å². The third-order valence-corrected chi connectivity index (χ3v) is 5.49. The van der Waals surface area contributed by atoms with E-state index in [-0.39, 0.29) is 22.8 Å². The van der Waals surface area contributed by atoms with Gasteiger partial charge >= 0.3 is 5.97 Å². The van der Waals surface area contributed by atoms with E-state index in [0.29, 0.717) is 5.69 Å². The molecule has 0 spiro atoms. The minimum atomic E-state index is -0.960. The molecule has 2 heterocycles. The molecule has 1 atom stereocenters. The van der Waals surface area contributed by atoms with E-state index in [0.717, 1.165) is 22.4 Å². The summed E-state index contributed by atoms with van der Waals surface area (Å²) in [6.07, 6.45) is 3.41. The van der Waals surface area contributed by atoms with Crippen LogP contribution in [-0.4, -0.2) is 26.0 Å². The van der Waals surface area contributed by atoms with Crippen molar-refractivity contribution in [2.45, 2.75) is 33.1 Å². The van der Waals surface area contributed by atoms with Crippen molar-refractivity contribution < 1.29 is 9.90 Å². The van der Waals surface area contributed by atoms with Crippen LogP contribution in [0, 0.1) is 12.8 Å². The molecule has 6 nitrogen and oxygen atoms in total. The minimum absolute atomic E-state index is 0.230. The first kappa shape index (κ1) is 19.5. The number of benzene rings is 1. The van der Waals surface area contributed by atoms with E-state index in [9.17, 15) is 9.90 Å². The average molecular weight is 376 g/mol. The first-order valence-electron chi connectivity index (χ1n) is 9.13. The molecule has 0 bridgehead atoms. The van der Waals surface area contributed by atoms with Gasteiger partial charge in [-0.15, -0.1) is 0 Å². The molecule has 3 N–H and O–H groups in total. The van der Waals surface area contributed by atoms with E-state index in [2.05, 4.69) is 47.9 Å². The zero-order valence-corrected chi connectivity index (χ0v) is 16.5. The van der Waals surface area contributed by atoms with Crippen LogP contribution < -0.4 is 5.73 Å².